The van der Waals surface area contributed by atoms with E-state index in [2.05, 4.69) is 15.4 Å². The highest BCUT2D eigenvalue weighted by Crippen LogP contribution is 2.13. The van der Waals surface area contributed by atoms with E-state index in [9.17, 15) is 4.79 Å². The van der Waals surface area contributed by atoms with E-state index in [0.717, 1.165) is 16.8 Å². The fraction of sp³-hybridized carbons (Fsp3) is 0.105. The average Bonchev–Trinajstić information content (AvgIpc) is 3.14. The predicted octanol–water partition coefficient (Wildman–Crippen LogP) is 2.61. The van der Waals surface area contributed by atoms with Crippen molar-refractivity contribution >= 4 is 12.0 Å². The maximum Gasteiger partial charge on any atom is 0.244 e. The van der Waals surface area contributed by atoms with Crippen LogP contribution in [0.5, 0.6) is 5.88 Å². The molecule has 2 heterocycles. The molecule has 0 atom stereocenters. The molecule has 0 aliphatic rings. The zero-order valence-corrected chi connectivity index (χ0v) is 13.8. The minimum Gasteiger partial charge on any atom is -0.481 e. The van der Waals surface area contributed by atoms with Crippen LogP contribution in [-0.4, -0.2) is 27.8 Å². The van der Waals surface area contributed by atoms with Crippen LogP contribution in [-0.2, 0) is 11.3 Å². The number of carbonyl (C=O) groups is 1. The van der Waals surface area contributed by atoms with Gasteiger partial charge in [-0.1, -0.05) is 24.3 Å². The van der Waals surface area contributed by atoms with Gasteiger partial charge in [0.1, 0.15) is 0 Å². The summed E-state index contributed by atoms with van der Waals surface area (Å²) in [6, 6.07) is 13.5. The molecule has 1 amide bonds. The number of nitrogens with zero attached hydrogens (tertiary/aromatic N) is 3. The third kappa shape index (κ3) is 4.32. The van der Waals surface area contributed by atoms with Crippen molar-refractivity contribution in [2.75, 3.05) is 7.11 Å². The van der Waals surface area contributed by atoms with E-state index >= 15 is 0 Å². The summed E-state index contributed by atoms with van der Waals surface area (Å²) in [5, 5.41) is 7.10. The number of methoxy groups -OCH3 is 1. The number of hydrogen-bond donors (Lipinski definition) is 1. The van der Waals surface area contributed by atoms with Crippen LogP contribution in [0.15, 0.2) is 67.1 Å². The predicted molar refractivity (Wildman–Crippen MR) is 95.2 cm³/mol. The highest BCUT2D eigenvalue weighted by molar-refractivity contribution is 5.91. The molecule has 2 aromatic heterocycles. The summed E-state index contributed by atoms with van der Waals surface area (Å²) in [6.07, 6.45) is 8.43. The first-order valence-electron chi connectivity index (χ1n) is 7.80. The molecule has 25 heavy (non-hydrogen) atoms. The monoisotopic (exact) mass is 334 g/mol. The van der Waals surface area contributed by atoms with Gasteiger partial charge >= 0.3 is 0 Å². The molecule has 6 heteroatoms. The zero-order valence-electron chi connectivity index (χ0n) is 13.8. The Morgan fingerprint density at radius 2 is 2.08 bits per heavy atom. The molecule has 126 valence electrons. The quantitative estimate of drug-likeness (QED) is 0.704. The molecule has 0 saturated heterocycles. The number of benzene rings is 1. The van der Waals surface area contributed by atoms with E-state index in [4.69, 9.17) is 4.74 Å². The lowest BCUT2D eigenvalue weighted by molar-refractivity contribution is -0.116. The zero-order chi connectivity index (χ0) is 17.5. The van der Waals surface area contributed by atoms with E-state index < -0.39 is 0 Å². The van der Waals surface area contributed by atoms with Gasteiger partial charge in [-0.25, -0.2) is 9.67 Å². The van der Waals surface area contributed by atoms with Gasteiger partial charge in [0, 0.05) is 36.1 Å². The molecule has 1 aromatic carbocycles. The summed E-state index contributed by atoms with van der Waals surface area (Å²) < 4.78 is 6.92. The number of aromatic nitrogens is 3. The van der Waals surface area contributed by atoms with Gasteiger partial charge < -0.3 is 10.1 Å². The molecule has 0 aliphatic carbocycles. The Morgan fingerprint density at radius 1 is 1.24 bits per heavy atom. The number of para-hydroxylation sites is 1. The van der Waals surface area contributed by atoms with Gasteiger partial charge in [-0.2, -0.15) is 5.10 Å². The number of pyridine rings is 1. The van der Waals surface area contributed by atoms with E-state index in [1.165, 1.54) is 6.08 Å². The molecular weight excluding hydrogens is 316 g/mol. The van der Waals surface area contributed by atoms with Crippen molar-refractivity contribution in [2.45, 2.75) is 6.54 Å². The summed E-state index contributed by atoms with van der Waals surface area (Å²) in [7, 11) is 1.55. The fourth-order valence-electron chi connectivity index (χ4n) is 2.30. The van der Waals surface area contributed by atoms with Gasteiger partial charge in [-0.3, -0.25) is 4.79 Å². The smallest absolute Gasteiger partial charge is 0.244 e. The lowest BCUT2D eigenvalue weighted by Crippen LogP contribution is -2.20. The molecular formula is C19H18N4O2. The van der Waals surface area contributed by atoms with Crippen LogP contribution in [0.3, 0.4) is 0 Å². The Hall–Kier alpha value is -3.41. The second-order valence-electron chi connectivity index (χ2n) is 5.28. The number of nitrogens with one attached hydrogen (secondary N) is 1. The third-order valence-corrected chi connectivity index (χ3v) is 3.55. The molecule has 3 aromatic rings. The second kappa shape index (κ2) is 7.92. The number of amides is 1. The average molecular weight is 334 g/mol. The maximum absolute atomic E-state index is 12.0. The van der Waals surface area contributed by atoms with Gasteiger partial charge in [0.25, 0.3) is 0 Å². The van der Waals surface area contributed by atoms with E-state index in [0.29, 0.717) is 12.4 Å². The number of rotatable bonds is 6. The summed E-state index contributed by atoms with van der Waals surface area (Å²) in [4.78, 5) is 16.1. The van der Waals surface area contributed by atoms with Crippen LogP contribution in [0.1, 0.15) is 11.1 Å². The normalized spacial score (nSPS) is 10.8. The Bertz CT molecular complexity index is 872. The summed E-state index contributed by atoms with van der Waals surface area (Å²) in [5.74, 6) is 0.314. The molecule has 1 N–H and O–H groups in total. The van der Waals surface area contributed by atoms with Crippen LogP contribution in [0.4, 0.5) is 0 Å². The highest BCUT2D eigenvalue weighted by atomic mass is 16.5. The summed E-state index contributed by atoms with van der Waals surface area (Å²) in [6.45, 7) is 0.351. The molecule has 0 unspecified atom stereocenters. The van der Waals surface area contributed by atoms with E-state index in [1.54, 1.807) is 36.3 Å². The van der Waals surface area contributed by atoms with Crippen LogP contribution >= 0.6 is 0 Å². The van der Waals surface area contributed by atoms with Gasteiger partial charge in [0.2, 0.25) is 11.8 Å². The van der Waals surface area contributed by atoms with Crippen molar-refractivity contribution in [3.05, 3.63) is 78.3 Å². The first-order chi connectivity index (χ1) is 12.3. The number of carbonyl (C=O) groups excluding carboxylic acids is 1. The lowest BCUT2D eigenvalue weighted by Gasteiger charge is -2.06. The van der Waals surface area contributed by atoms with Crippen molar-refractivity contribution in [3.8, 4) is 11.6 Å². The molecule has 0 radical (unpaired) electrons. The molecule has 0 fully saturated rings. The Labute approximate surface area is 145 Å². The first kappa shape index (κ1) is 16.4. The van der Waals surface area contributed by atoms with Crippen molar-refractivity contribution in [1.29, 1.82) is 0 Å². The molecule has 0 bridgehead atoms. The van der Waals surface area contributed by atoms with Crippen molar-refractivity contribution < 1.29 is 9.53 Å². The summed E-state index contributed by atoms with van der Waals surface area (Å²) >= 11 is 0. The number of ether oxygens (including phenoxy) is 1. The molecule has 0 spiro atoms. The third-order valence-electron chi connectivity index (χ3n) is 3.55. The summed E-state index contributed by atoms with van der Waals surface area (Å²) in [5.41, 5.74) is 2.64. The van der Waals surface area contributed by atoms with Crippen molar-refractivity contribution in [2.24, 2.45) is 0 Å². The molecule has 0 aliphatic heterocycles. The Morgan fingerprint density at radius 3 is 2.88 bits per heavy atom. The minimum atomic E-state index is -0.196. The van der Waals surface area contributed by atoms with Gasteiger partial charge in [-0.15, -0.1) is 0 Å². The van der Waals surface area contributed by atoms with Gasteiger partial charge in [0.15, 0.2) is 0 Å². The van der Waals surface area contributed by atoms with E-state index in [-0.39, 0.29) is 5.91 Å². The standard InChI is InChI=1S/C19H18N4O2/c1-25-19-16(6-5-11-20-19)13-21-18(24)10-9-15-12-22-23(14-15)17-7-3-2-4-8-17/h2-12,14H,13H2,1H3,(H,21,24)/b10-9+. The topological polar surface area (TPSA) is 69.0 Å². The number of hydrogen-bond acceptors (Lipinski definition) is 4. The van der Waals surface area contributed by atoms with Gasteiger partial charge in [0.05, 0.1) is 19.0 Å². The highest BCUT2D eigenvalue weighted by Gasteiger charge is 2.04. The SMILES string of the molecule is COc1ncccc1CNC(=O)/C=C/c1cnn(-c2ccccc2)c1. The van der Waals surface area contributed by atoms with Crippen LogP contribution in [0.25, 0.3) is 11.8 Å². The molecule has 6 nitrogen and oxygen atoms in total. The molecule has 0 saturated carbocycles. The lowest BCUT2D eigenvalue weighted by atomic mass is 10.2. The first-order valence-corrected chi connectivity index (χ1v) is 7.80. The van der Waals surface area contributed by atoms with Gasteiger partial charge in [-0.05, 0) is 24.3 Å². The van der Waals surface area contributed by atoms with E-state index in [1.807, 2.05) is 42.6 Å². The van der Waals surface area contributed by atoms with Crippen molar-refractivity contribution in [1.82, 2.24) is 20.1 Å². The molecule has 3 rings (SSSR count). The van der Waals surface area contributed by atoms with Crippen molar-refractivity contribution in [3.63, 3.8) is 0 Å². The largest absolute Gasteiger partial charge is 0.481 e. The Kier molecular flexibility index (Phi) is 5.21. The Balaban J connectivity index is 1.59. The maximum atomic E-state index is 12.0. The van der Waals surface area contributed by atoms with Crippen LogP contribution < -0.4 is 10.1 Å². The van der Waals surface area contributed by atoms with Crippen LogP contribution in [0, 0.1) is 0 Å². The minimum absolute atomic E-state index is 0.196. The fourth-order valence-corrected chi connectivity index (χ4v) is 2.30. The van der Waals surface area contributed by atoms with Crippen LogP contribution in [0.2, 0.25) is 0 Å². The second-order valence-corrected chi connectivity index (χ2v) is 5.28.